The largest absolute Gasteiger partial charge is 0.439 e. The number of ether oxygens (including phenoxy) is 1. The zero-order valence-corrected chi connectivity index (χ0v) is 9.51. The first-order chi connectivity index (χ1) is 7.20. The van der Waals surface area contributed by atoms with Gasteiger partial charge in [0.2, 0.25) is 0 Å². The Kier molecular flexibility index (Phi) is 2.86. The van der Waals surface area contributed by atoms with Gasteiger partial charge in [-0.15, -0.1) is 11.8 Å². The summed E-state index contributed by atoms with van der Waals surface area (Å²) in [7, 11) is 0. The van der Waals surface area contributed by atoms with Gasteiger partial charge in [0.1, 0.15) is 6.10 Å². The molecule has 0 aromatic heterocycles. The fourth-order valence-electron chi connectivity index (χ4n) is 1.66. The Morgan fingerprint density at radius 1 is 1.33 bits per heavy atom. The average molecular weight is 223 g/mol. The van der Waals surface area contributed by atoms with Gasteiger partial charge in [-0.2, -0.15) is 0 Å². The summed E-state index contributed by atoms with van der Waals surface area (Å²) in [5, 5.41) is 2.73. The molecule has 1 amide bonds. The third-order valence-corrected chi connectivity index (χ3v) is 3.22. The average Bonchev–Trinajstić information content (AvgIpc) is 2.58. The molecule has 1 aromatic rings. The highest BCUT2D eigenvalue weighted by atomic mass is 32.2. The number of rotatable bonds is 2. The molecule has 0 aliphatic carbocycles. The number of cyclic esters (lactones) is 1. The summed E-state index contributed by atoms with van der Waals surface area (Å²) in [5.74, 6) is 0. The molecule has 1 saturated heterocycles. The van der Waals surface area contributed by atoms with Crippen LogP contribution in [0.25, 0.3) is 0 Å². The molecule has 1 aromatic carbocycles. The van der Waals surface area contributed by atoms with E-state index in [-0.39, 0.29) is 18.2 Å². The van der Waals surface area contributed by atoms with E-state index < -0.39 is 0 Å². The van der Waals surface area contributed by atoms with Crippen LogP contribution >= 0.6 is 11.8 Å². The maximum atomic E-state index is 11.0. The van der Waals surface area contributed by atoms with Gasteiger partial charge in [-0.25, -0.2) is 4.79 Å². The topological polar surface area (TPSA) is 38.3 Å². The Morgan fingerprint density at radius 2 is 2.00 bits per heavy atom. The van der Waals surface area contributed by atoms with E-state index in [4.69, 9.17) is 4.74 Å². The smallest absolute Gasteiger partial charge is 0.408 e. The van der Waals surface area contributed by atoms with Crippen LogP contribution in [0, 0.1) is 0 Å². The minimum atomic E-state index is -0.332. The van der Waals surface area contributed by atoms with E-state index in [9.17, 15) is 4.79 Å². The van der Waals surface area contributed by atoms with Crippen molar-refractivity contribution >= 4 is 17.9 Å². The minimum absolute atomic E-state index is 0.0395. The van der Waals surface area contributed by atoms with Gasteiger partial charge in [0.15, 0.2) is 0 Å². The van der Waals surface area contributed by atoms with Crippen molar-refractivity contribution in [3.05, 3.63) is 29.8 Å². The van der Waals surface area contributed by atoms with E-state index in [1.165, 1.54) is 4.90 Å². The van der Waals surface area contributed by atoms with Crippen LogP contribution in [0.5, 0.6) is 0 Å². The maximum absolute atomic E-state index is 11.0. The summed E-state index contributed by atoms with van der Waals surface area (Å²) in [4.78, 5) is 12.2. The van der Waals surface area contributed by atoms with Gasteiger partial charge in [0.25, 0.3) is 0 Å². The predicted molar refractivity (Wildman–Crippen MR) is 60.0 cm³/mol. The molecule has 0 saturated carbocycles. The molecule has 3 nitrogen and oxygen atoms in total. The summed E-state index contributed by atoms with van der Waals surface area (Å²) in [6, 6.07) is 8.14. The number of hydrogen-bond donors (Lipinski definition) is 1. The van der Waals surface area contributed by atoms with Gasteiger partial charge in [-0.05, 0) is 30.9 Å². The molecule has 2 rings (SSSR count). The highest BCUT2D eigenvalue weighted by Crippen LogP contribution is 2.27. The predicted octanol–water partition coefficient (Wildman–Crippen LogP) is 2.58. The number of carbonyl (C=O) groups excluding carboxylic acids is 1. The van der Waals surface area contributed by atoms with Crippen molar-refractivity contribution in [2.45, 2.75) is 24.0 Å². The molecule has 1 aliphatic heterocycles. The molecule has 1 N–H and O–H groups in total. The second kappa shape index (κ2) is 4.14. The molecular weight excluding hydrogens is 210 g/mol. The van der Waals surface area contributed by atoms with E-state index in [1.807, 2.05) is 37.4 Å². The van der Waals surface area contributed by atoms with Gasteiger partial charge < -0.3 is 10.1 Å². The van der Waals surface area contributed by atoms with Crippen molar-refractivity contribution in [2.24, 2.45) is 0 Å². The highest BCUT2D eigenvalue weighted by molar-refractivity contribution is 7.98. The lowest BCUT2D eigenvalue weighted by atomic mass is 10.0. The van der Waals surface area contributed by atoms with Crippen LogP contribution < -0.4 is 5.32 Å². The molecule has 1 fully saturated rings. The monoisotopic (exact) mass is 223 g/mol. The summed E-state index contributed by atoms with van der Waals surface area (Å²) in [6.07, 6.45) is 1.55. The van der Waals surface area contributed by atoms with Crippen LogP contribution in [0.4, 0.5) is 4.79 Å². The standard InChI is InChI=1S/C11H13NO2S/c1-7-10(14-11(13)12-7)8-3-5-9(15-2)6-4-8/h3-7,10H,1-2H3,(H,12,13)/t7?,10-/m1/s1. The van der Waals surface area contributed by atoms with Gasteiger partial charge in [-0.1, -0.05) is 12.1 Å². The molecule has 1 unspecified atom stereocenters. The molecule has 0 bridgehead atoms. The molecule has 1 aliphatic rings. The van der Waals surface area contributed by atoms with Crippen LogP contribution in [0.3, 0.4) is 0 Å². The van der Waals surface area contributed by atoms with Gasteiger partial charge in [-0.3, -0.25) is 0 Å². The molecule has 0 spiro atoms. The zero-order chi connectivity index (χ0) is 10.8. The van der Waals surface area contributed by atoms with E-state index in [1.54, 1.807) is 11.8 Å². The molecule has 0 radical (unpaired) electrons. The molecular formula is C11H13NO2S. The second-order valence-corrected chi connectivity index (χ2v) is 4.41. The Balaban J connectivity index is 2.19. The first-order valence-electron chi connectivity index (χ1n) is 4.82. The number of benzene rings is 1. The molecule has 4 heteroatoms. The summed E-state index contributed by atoms with van der Waals surface area (Å²) in [5.41, 5.74) is 1.04. The van der Waals surface area contributed by atoms with Crippen LogP contribution in [0.2, 0.25) is 0 Å². The van der Waals surface area contributed by atoms with Crippen LogP contribution in [-0.2, 0) is 4.74 Å². The Hall–Kier alpha value is -1.16. The van der Waals surface area contributed by atoms with E-state index in [0.29, 0.717) is 0 Å². The van der Waals surface area contributed by atoms with Gasteiger partial charge in [0, 0.05) is 4.90 Å². The van der Waals surface area contributed by atoms with Gasteiger partial charge in [0.05, 0.1) is 6.04 Å². The third-order valence-electron chi connectivity index (χ3n) is 2.48. The fourth-order valence-corrected chi connectivity index (χ4v) is 2.07. The first kappa shape index (κ1) is 10.4. The second-order valence-electron chi connectivity index (χ2n) is 3.53. The Morgan fingerprint density at radius 3 is 2.47 bits per heavy atom. The van der Waals surface area contributed by atoms with Crippen molar-refractivity contribution in [1.29, 1.82) is 0 Å². The van der Waals surface area contributed by atoms with E-state index in [2.05, 4.69) is 5.32 Å². The van der Waals surface area contributed by atoms with E-state index in [0.717, 1.165) is 5.56 Å². The number of nitrogens with one attached hydrogen (secondary N) is 1. The van der Waals surface area contributed by atoms with Crippen molar-refractivity contribution in [2.75, 3.05) is 6.26 Å². The first-order valence-corrected chi connectivity index (χ1v) is 6.04. The molecule has 1 heterocycles. The van der Waals surface area contributed by atoms with Crippen molar-refractivity contribution < 1.29 is 9.53 Å². The van der Waals surface area contributed by atoms with Gasteiger partial charge >= 0.3 is 6.09 Å². The quantitative estimate of drug-likeness (QED) is 0.783. The highest BCUT2D eigenvalue weighted by Gasteiger charge is 2.31. The van der Waals surface area contributed by atoms with Crippen LogP contribution in [0.1, 0.15) is 18.6 Å². The van der Waals surface area contributed by atoms with Crippen molar-refractivity contribution in [3.8, 4) is 0 Å². The number of amides is 1. The normalized spacial score (nSPS) is 24.8. The Bertz CT molecular complexity index is 363. The fraction of sp³-hybridized carbons (Fsp3) is 0.364. The number of hydrogen-bond acceptors (Lipinski definition) is 3. The number of carbonyl (C=O) groups is 1. The van der Waals surface area contributed by atoms with E-state index >= 15 is 0 Å². The molecule has 2 atom stereocenters. The lowest BCUT2D eigenvalue weighted by molar-refractivity contribution is 0.134. The lowest BCUT2D eigenvalue weighted by Crippen LogP contribution is -2.23. The SMILES string of the molecule is CSc1ccc([C@@H]2OC(=O)NC2C)cc1. The minimum Gasteiger partial charge on any atom is -0.439 e. The van der Waals surface area contributed by atoms with Crippen molar-refractivity contribution in [1.82, 2.24) is 5.32 Å². The summed E-state index contributed by atoms with van der Waals surface area (Å²) < 4.78 is 5.18. The number of thioether (sulfide) groups is 1. The molecule has 15 heavy (non-hydrogen) atoms. The maximum Gasteiger partial charge on any atom is 0.408 e. The lowest BCUT2D eigenvalue weighted by Gasteiger charge is -2.13. The van der Waals surface area contributed by atoms with Crippen molar-refractivity contribution in [3.63, 3.8) is 0 Å². The summed E-state index contributed by atoms with van der Waals surface area (Å²) >= 11 is 1.70. The molecule has 80 valence electrons. The van der Waals surface area contributed by atoms with Crippen LogP contribution in [-0.4, -0.2) is 18.4 Å². The third kappa shape index (κ3) is 2.09. The summed E-state index contributed by atoms with van der Waals surface area (Å²) in [6.45, 7) is 1.94. The van der Waals surface area contributed by atoms with Crippen LogP contribution in [0.15, 0.2) is 29.2 Å². The zero-order valence-electron chi connectivity index (χ0n) is 8.69. The Labute approximate surface area is 93.2 Å². The number of alkyl carbamates (subject to hydrolysis) is 1.